The van der Waals surface area contributed by atoms with Crippen LogP contribution in [0.2, 0.25) is 0 Å². The van der Waals surface area contributed by atoms with Gasteiger partial charge in [0.05, 0.1) is 12.0 Å². The summed E-state index contributed by atoms with van der Waals surface area (Å²) in [5.41, 5.74) is -0.511. The van der Waals surface area contributed by atoms with Crippen LogP contribution in [0.25, 0.3) is 0 Å². The van der Waals surface area contributed by atoms with Crippen LogP contribution < -0.4 is 5.32 Å². The number of carboxylic acids is 1. The van der Waals surface area contributed by atoms with Crippen LogP contribution in [0.3, 0.4) is 0 Å². The maximum Gasteiger partial charge on any atom is 0.305 e. The Kier molecular flexibility index (Phi) is 4.51. The van der Waals surface area contributed by atoms with Gasteiger partial charge in [0.1, 0.15) is 0 Å². The van der Waals surface area contributed by atoms with Crippen LogP contribution in [0.15, 0.2) is 0 Å². The fourth-order valence-corrected chi connectivity index (χ4v) is 2.41. The topological polar surface area (TPSA) is 69.6 Å². The van der Waals surface area contributed by atoms with Crippen LogP contribution in [-0.2, 0) is 9.59 Å². The van der Waals surface area contributed by atoms with Crippen LogP contribution in [-0.4, -0.2) is 46.6 Å². The van der Waals surface area contributed by atoms with Crippen molar-refractivity contribution < 1.29 is 14.7 Å². The summed E-state index contributed by atoms with van der Waals surface area (Å²) >= 11 is 0. The monoisotopic (exact) mass is 242 g/mol. The molecule has 0 bridgehead atoms. The van der Waals surface area contributed by atoms with Gasteiger partial charge in [-0.1, -0.05) is 0 Å². The molecular formula is C12H22N2O3. The number of rotatable bonds is 5. The van der Waals surface area contributed by atoms with Crippen molar-refractivity contribution in [2.75, 3.05) is 13.1 Å². The van der Waals surface area contributed by atoms with Gasteiger partial charge < -0.3 is 15.3 Å². The molecule has 2 N–H and O–H groups in total. The molecule has 17 heavy (non-hydrogen) atoms. The molecule has 98 valence electrons. The Hall–Kier alpha value is -1.10. The Balaban J connectivity index is 2.72. The first-order valence-electron chi connectivity index (χ1n) is 6.18. The minimum atomic E-state index is -0.867. The van der Waals surface area contributed by atoms with E-state index < -0.39 is 11.5 Å². The third kappa shape index (κ3) is 3.19. The van der Waals surface area contributed by atoms with E-state index in [0.29, 0.717) is 6.54 Å². The molecule has 0 spiro atoms. The molecule has 0 saturated carbocycles. The average Bonchev–Trinajstić information content (AvgIpc) is 2.66. The van der Waals surface area contributed by atoms with Gasteiger partial charge in [-0.05, 0) is 40.2 Å². The molecule has 1 aliphatic rings. The van der Waals surface area contributed by atoms with Crippen molar-refractivity contribution in [3.63, 3.8) is 0 Å². The van der Waals surface area contributed by atoms with Crippen LogP contribution in [0.1, 0.15) is 40.0 Å². The van der Waals surface area contributed by atoms with Crippen molar-refractivity contribution in [2.45, 2.75) is 51.6 Å². The van der Waals surface area contributed by atoms with Crippen LogP contribution in [0.5, 0.6) is 0 Å². The second-order valence-electron chi connectivity index (χ2n) is 4.90. The Morgan fingerprint density at radius 3 is 2.59 bits per heavy atom. The van der Waals surface area contributed by atoms with Gasteiger partial charge in [-0.2, -0.15) is 0 Å². The molecule has 5 nitrogen and oxygen atoms in total. The molecule has 1 fully saturated rings. The molecule has 0 aromatic carbocycles. The average molecular weight is 242 g/mol. The molecule has 5 heteroatoms. The first-order valence-corrected chi connectivity index (χ1v) is 6.18. The SMILES string of the molecule is CCN(C(=O)C1(C)CCCN1)C(C)CC(=O)O. The summed E-state index contributed by atoms with van der Waals surface area (Å²) < 4.78 is 0. The molecule has 2 unspecified atom stereocenters. The largest absolute Gasteiger partial charge is 0.481 e. The maximum absolute atomic E-state index is 12.4. The summed E-state index contributed by atoms with van der Waals surface area (Å²) in [6, 6.07) is -0.260. The zero-order chi connectivity index (χ0) is 13.1. The predicted octanol–water partition coefficient (Wildman–Crippen LogP) is 0.840. The Labute approximate surface area is 102 Å². The quantitative estimate of drug-likeness (QED) is 0.749. The van der Waals surface area contributed by atoms with Crippen molar-refractivity contribution in [1.29, 1.82) is 0 Å². The van der Waals surface area contributed by atoms with Crippen molar-refractivity contribution in [3.8, 4) is 0 Å². The third-order valence-electron chi connectivity index (χ3n) is 3.44. The zero-order valence-electron chi connectivity index (χ0n) is 10.8. The number of carbonyl (C=O) groups is 2. The summed E-state index contributed by atoms with van der Waals surface area (Å²) in [6.45, 7) is 6.97. The van der Waals surface area contributed by atoms with E-state index in [0.717, 1.165) is 19.4 Å². The minimum Gasteiger partial charge on any atom is -0.481 e. The standard InChI is InChI=1S/C12H22N2O3/c1-4-14(9(2)8-10(15)16)11(17)12(3)6-5-7-13-12/h9,13H,4-8H2,1-3H3,(H,15,16). The first-order chi connectivity index (χ1) is 7.90. The van der Waals surface area contributed by atoms with Gasteiger partial charge >= 0.3 is 5.97 Å². The molecule has 0 aromatic rings. The number of aliphatic carboxylic acids is 1. The van der Waals surface area contributed by atoms with Gasteiger partial charge in [0.2, 0.25) is 5.91 Å². The maximum atomic E-state index is 12.4. The van der Waals surface area contributed by atoms with Crippen molar-refractivity contribution in [3.05, 3.63) is 0 Å². The number of carbonyl (C=O) groups excluding carboxylic acids is 1. The number of likely N-dealkylation sites (N-methyl/N-ethyl adjacent to an activating group) is 1. The Morgan fingerprint density at radius 2 is 2.18 bits per heavy atom. The van der Waals surface area contributed by atoms with E-state index >= 15 is 0 Å². The fraction of sp³-hybridized carbons (Fsp3) is 0.833. The van der Waals surface area contributed by atoms with Gasteiger partial charge in [-0.15, -0.1) is 0 Å². The Bertz CT molecular complexity index is 298. The molecule has 1 aliphatic heterocycles. The number of carboxylic acid groups (broad SMARTS) is 1. The normalized spacial score (nSPS) is 25.6. The lowest BCUT2D eigenvalue weighted by molar-refractivity contribution is -0.143. The summed E-state index contributed by atoms with van der Waals surface area (Å²) in [5, 5.41) is 12.0. The lowest BCUT2D eigenvalue weighted by Crippen LogP contribution is -2.55. The van der Waals surface area contributed by atoms with Crippen molar-refractivity contribution in [1.82, 2.24) is 10.2 Å². The lowest BCUT2D eigenvalue weighted by Gasteiger charge is -2.34. The van der Waals surface area contributed by atoms with E-state index in [-0.39, 0.29) is 18.4 Å². The highest BCUT2D eigenvalue weighted by Crippen LogP contribution is 2.22. The van der Waals surface area contributed by atoms with Crippen LogP contribution in [0, 0.1) is 0 Å². The second-order valence-corrected chi connectivity index (χ2v) is 4.90. The number of nitrogens with one attached hydrogen (secondary N) is 1. The number of hydrogen-bond donors (Lipinski definition) is 2. The highest BCUT2D eigenvalue weighted by Gasteiger charge is 2.39. The van der Waals surface area contributed by atoms with E-state index in [9.17, 15) is 9.59 Å². The lowest BCUT2D eigenvalue weighted by atomic mass is 9.97. The van der Waals surface area contributed by atoms with E-state index in [1.165, 1.54) is 0 Å². The van der Waals surface area contributed by atoms with Gasteiger partial charge in [0, 0.05) is 12.6 Å². The Morgan fingerprint density at radius 1 is 1.53 bits per heavy atom. The molecule has 1 rings (SSSR count). The van der Waals surface area contributed by atoms with Gasteiger partial charge in [0.25, 0.3) is 0 Å². The summed E-state index contributed by atoms with van der Waals surface area (Å²) in [7, 11) is 0. The van der Waals surface area contributed by atoms with Crippen LogP contribution in [0.4, 0.5) is 0 Å². The highest BCUT2D eigenvalue weighted by molar-refractivity contribution is 5.87. The van der Waals surface area contributed by atoms with Gasteiger partial charge in [-0.25, -0.2) is 0 Å². The highest BCUT2D eigenvalue weighted by atomic mass is 16.4. The number of nitrogens with zero attached hydrogens (tertiary/aromatic N) is 1. The molecule has 0 aliphatic carbocycles. The second kappa shape index (κ2) is 5.49. The van der Waals surface area contributed by atoms with Gasteiger partial charge in [0.15, 0.2) is 0 Å². The summed E-state index contributed by atoms with van der Waals surface area (Å²) in [5.74, 6) is -0.848. The summed E-state index contributed by atoms with van der Waals surface area (Å²) in [4.78, 5) is 24.8. The number of hydrogen-bond acceptors (Lipinski definition) is 3. The first kappa shape index (κ1) is 14.0. The molecule has 1 heterocycles. The zero-order valence-corrected chi connectivity index (χ0v) is 10.8. The fourth-order valence-electron chi connectivity index (χ4n) is 2.41. The number of amides is 1. The predicted molar refractivity (Wildman–Crippen MR) is 64.7 cm³/mol. The van der Waals surface area contributed by atoms with E-state index in [1.54, 1.807) is 11.8 Å². The minimum absolute atomic E-state index is 0.00431. The molecule has 2 atom stereocenters. The third-order valence-corrected chi connectivity index (χ3v) is 3.44. The van der Waals surface area contributed by atoms with E-state index in [4.69, 9.17) is 5.11 Å². The summed E-state index contributed by atoms with van der Waals surface area (Å²) in [6.07, 6.45) is 1.81. The molecule has 1 amide bonds. The molecule has 0 radical (unpaired) electrons. The molecule has 0 aromatic heterocycles. The van der Waals surface area contributed by atoms with Crippen LogP contribution >= 0.6 is 0 Å². The molecular weight excluding hydrogens is 220 g/mol. The van der Waals surface area contributed by atoms with Crippen molar-refractivity contribution >= 4 is 11.9 Å². The molecule has 1 saturated heterocycles. The van der Waals surface area contributed by atoms with Gasteiger partial charge in [-0.3, -0.25) is 9.59 Å². The van der Waals surface area contributed by atoms with E-state index in [1.807, 2.05) is 13.8 Å². The smallest absolute Gasteiger partial charge is 0.305 e. The van der Waals surface area contributed by atoms with E-state index in [2.05, 4.69) is 5.32 Å². The van der Waals surface area contributed by atoms with Crippen molar-refractivity contribution in [2.24, 2.45) is 0 Å².